The van der Waals surface area contributed by atoms with Gasteiger partial charge in [-0.3, -0.25) is 0 Å². The highest BCUT2D eigenvalue weighted by Gasteiger charge is 2.25. The lowest BCUT2D eigenvalue weighted by atomic mass is 9.87. The van der Waals surface area contributed by atoms with E-state index in [1.807, 2.05) is 25.2 Å². The highest BCUT2D eigenvalue weighted by Crippen LogP contribution is 2.35. The Morgan fingerprint density at radius 3 is 2.76 bits per heavy atom. The summed E-state index contributed by atoms with van der Waals surface area (Å²) < 4.78 is 6.54. The summed E-state index contributed by atoms with van der Waals surface area (Å²) in [7, 11) is 2.01. The second kappa shape index (κ2) is 6.19. The number of halogens is 2. The second-order valence-corrected chi connectivity index (χ2v) is 5.67. The minimum Gasteiger partial charge on any atom is -0.381 e. The summed E-state index contributed by atoms with van der Waals surface area (Å²) in [4.78, 5) is 0. The van der Waals surface area contributed by atoms with E-state index in [0.717, 1.165) is 35.6 Å². The van der Waals surface area contributed by atoms with Crippen LogP contribution in [0.3, 0.4) is 0 Å². The van der Waals surface area contributed by atoms with Gasteiger partial charge in [0.2, 0.25) is 0 Å². The van der Waals surface area contributed by atoms with E-state index in [2.05, 4.69) is 21.2 Å². The fourth-order valence-electron chi connectivity index (χ4n) is 2.45. The highest BCUT2D eigenvalue weighted by molar-refractivity contribution is 9.10. The van der Waals surface area contributed by atoms with Crippen molar-refractivity contribution < 1.29 is 4.74 Å². The molecule has 94 valence electrons. The van der Waals surface area contributed by atoms with Crippen LogP contribution in [-0.4, -0.2) is 20.3 Å². The van der Waals surface area contributed by atoms with Crippen molar-refractivity contribution in [1.82, 2.24) is 5.32 Å². The average Bonchev–Trinajstić information content (AvgIpc) is 2.36. The summed E-state index contributed by atoms with van der Waals surface area (Å²) in [5.41, 5.74) is 1.24. The normalized spacial score (nSPS) is 19.2. The van der Waals surface area contributed by atoms with Crippen LogP contribution in [-0.2, 0) is 4.74 Å². The SMILES string of the molecule is CNC(c1cc(Cl)ccc1Br)C1CCOCC1. The van der Waals surface area contributed by atoms with Crippen LogP contribution in [0.2, 0.25) is 5.02 Å². The number of nitrogens with one attached hydrogen (secondary N) is 1. The van der Waals surface area contributed by atoms with Gasteiger partial charge in [-0.15, -0.1) is 0 Å². The molecule has 1 fully saturated rings. The van der Waals surface area contributed by atoms with E-state index >= 15 is 0 Å². The molecule has 1 aromatic rings. The molecule has 1 aliphatic rings. The van der Waals surface area contributed by atoms with Crippen molar-refractivity contribution in [2.24, 2.45) is 5.92 Å². The first kappa shape index (κ1) is 13.3. The van der Waals surface area contributed by atoms with Gasteiger partial charge in [-0.1, -0.05) is 27.5 Å². The number of hydrogen-bond acceptors (Lipinski definition) is 2. The Morgan fingerprint density at radius 2 is 2.12 bits per heavy atom. The zero-order valence-electron chi connectivity index (χ0n) is 9.88. The Kier molecular flexibility index (Phi) is 4.86. The number of ether oxygens (including phenoxy) is 1. The summed E-state index contributed by atoms with van der Waals surface area (Å²) in [6.07, 6.45) is 2.20. The average molecular weight is 319 g/mol. The smallest absolute Gasteiger partial charge is 0.0469 e. The third-order valence-electron chi connectivity index (χ3n) is 3.34. The molecule has 0 aromatic heterocycles. The molecule has 1 aliphatic heterocycles. The van der Waals surface area contributed by atoms with Crippen molar-refractivity contribution >= 4 is 27.5 Å². The van der Waals surface area contributed by atoms with E-state index in [1.54, 1.807) is 0 Å². The van der Waals surface area contributed by atoms with Crippen molar-refractivity contribution in [2.75, 3.05) is 20.3 Å². The minimum atomic E-state index is 0.340. The molecule has 4 heteroatoms. The fraction of sp³-hybridized carbons (Fsp3) is 0.538. The standard InChI is InChI=1S/C13H17BrClNO/c1-16-13(9-4-6-17-7-5-9)11-8-10(15)2-3-12(11)14/h2-3,8-9,13,16H,4-7H2,1H3. The van der Waals surface area contributed by atoms with Gasteiger partial charge in [-0.05, 0) is 49.6 Å². The van der Waals surface area contributed by atoms with Gasteiger partial charge in [0.15, 0.2) is 0 Å². The highest BCUT2D eigenvalue weighted by atomic mass is 79.9. The largest absolute Gasteiger partial charge is 0.381 e. The lowest BCUT2D eigenvalue weighted by molar-refractivity contribution is 0.0545. The lowest BCUT2D eigenvalue weighted by Crippen LogP contribution is -2.30. The quantitative estimate of drug-likeness (QED) is 0.915. The lowest BCUT2D eigenvalue weighted by Gasteiger charge is -2.31. The summed E-state index contributed by atoms with van der Waals surface area (Å²) in [6.45, 7) is 1.72. The molecule has 1 atom stereocenters. The van der Waals surface area contributed by atoms with E-state index in [9.17, 15) is 0 Å². The second-order valence-electron chi connectivity index (χ2n) is 4.38. The van der Waals surface area contributed by atoms with Crippen molar-refractivity contribution in [3.05, 3.63) is 33.3 Å². The molecule has 0 saturated carbocycles. The van der Waals surface area contributed by atoms with Crippen LogP contribution in [0.25, 0.3) is 0 Å². The summed E-state index contributed by atoms with van der Waals surface area (Å²) in [5, 5.41) is 4.20. The Morgan fingerprint density at radius 1 is 1.41 bits per heavy atom. The molecule has 1 unspecified atom stereocenters. The zero-order chi connectivity index (χ0) is 12.3. The molecule has 0 aliphatic carbocycles. The van der Waals surface area contributed by atoms with Crippen LogP contribution in [0.1, 0.15) is 24.4 Å². The van der Waals surface area contributed by atoms with Crippen molar-refractivity contribution in [2.45, 2.75) is 18.9 Å². The first-order valence-electron chi connectivity index (χ1n) is 5.92. The van der Waals surface area contributed by atoms with Crippen molar-refractivity contribution in [3.8, 4) is 0 Å². The summed E-state index contributed by atoms with van der Waals surface area (Å²) >= 11 is 9.69. The number of hydrogen-bond donors (Lipinski definition) is 1. The van der Waals surface area contributed by atoms with Gasteiger partial charge in [0.05, 0.1) is 0 Å². The Labute approximate surface area is 116 Å². The van der Waals surface area contributed by atoms with Gasteiger partial charge < -0.3 is 10.1 Å². The summed E-state index contributed by atoms with van der Waals surface area (Å²) in [5.74, 6) is 0.614. The van der Waals surface area contributed by atoms with E-state index in [-0.39, 0.29) is 0 Å². The van der Waals surface area contributed by atoms with E-state index in [0.29, 0.717) is 12.0 Å². The van der Waals surface area contributed by atoms with Crippen LogP contribution in [0, 0.1) is 5.92 Å². The van der Waals surface area contributed by atoms with Crippen LogP contribution in [0.4, 0.5) is 0 Å². The predicted molar refractivity (Wildman–Crippen MR) is 74.5 cm³/mol. The number of rotatable bonds is 3. The predicted octanol–water partition coefficient (Wildman–Crippen LogP) is 3.79. The third kappa shape index (κ3) is 3.22. The molecule has 2 nitrogen and oxygen atoms in total. The number of benzene rings is 1. The third-order valence-corrected chi connectivity index (χ3v) is 4.30. The maximum Gasteiger partial charge on any atom is 0.0469 e. The molecule has 2 rings (SSSR count). The molecule has 1 heterocycles. The van der Waals surface area contributed by atoms with E-state index < -0.39 is 0 Å². The van der Waals surface area contributed by atoms with E-state index in [1.165, 1.54) is 5.56 Å². The molecule has 1 aromatic carbocycles. The monoisotopic (exact) mass is 317 g/mol. The maximum absolute atomic E-state index is 6.08. The molecule has 17 heavy (non-hydrogen) atoms. The van der Waals surface area contributed by atoms with Crippen molar-refractivity contribution in [1.29, 1.82) is 0 Å². The molecule has 1 saturated heterocycles. The van der Waals surface area contributed by atoms with Crippen molar-refractivity contribution in [3.63, 3.8) is 0 Å². The molecule has 0 bridgehead atoms. The van der Waals surface area contributed by atoms with Crippen LogP contribution in [0.15, 0.2) is 22.7 Å². The first-order valence-corrected chi connectivity index (χ1v) is 7.09. The van der Waals surface area contributed by atoms with Crippen LogP contribution >= 0.6 is 27.5 Å². The molecular weight excluding hydrogens is 302 g/mol. The van der Waals surface area contributed by atoms with Gasteiger partial charge >= 0.3 is 0 Å². The van der Waals surface area contributed by atoms with Gasteiger partial charge in [0, 0.05) is 28.8 Å². The zero-order valence-corrected chi connectivity index (χ0v) is 12.2. The molecule has 0 radical (unpaired) electrons. The maximum atomic E-state index is 6.08. The Balaban J connectivity index is 2.24. The summed E-state index contributed by atoms with van der Waals surface area (Å²) in [6, 6.07) is 6.31. The molecular formula is C13H17BrClNO. The topological polar surface area (TPSA) is 21.3 Å². The van der Waals surface area contributed by atoms with Crippen LogP contribution < -0.4 is 5.32 Å². The molecule has 0 amide bonds. The van der Waals surface area contributed by atoms with E-state index in [4.69, 9.17) is 16.3 Å². The fourth-order valence-corrected chi connectivity index (χ4v) is 3.12. The molecule has 1 N–H and O–H groups in total. The minimum absolute atomic E-state index is 0.340. The van der Waals surface area contributed by atoms with Gasteiger partial charge in [0.1, 0.15) is 0 Å². The van der Waals surface area contributed by atoms with Gasteiger partial charge in [-0.2, -0.15) is 0 Å². The first-order chi connectivity index (χ1) is 8.22. The Hall–Kier alpha value is -0.0900. The van der Waals surface area contributed by atoms with Gasteiger partial charge in [0.25, 0.3) is 0 Å². The van der Waals surface area contributed by atoms with Crippen LogP contribution in [0.5, 0.6) is 0 Å². The van der Waals surface area contributed by atoms with Gasteiger partial charge in [-0.25, -0.2) is 0 Å². The Bertz CT molecular complexity index is 380. The molecule has 0 spiro atoms.